The van der Waals surface area contributed by atoms with E-state index in [0.29, 0.717) is 19.7 Å². The van der Waals surface area contributed by atoms with Gasteiger partial charge in [-0.2, -0.15) is 0 Å². The first-order valence-corrected chi connectivity index (χ1v) is 9.01. The number of morpholine rings is 1. The van der Waals surface area contributed by atoms with Crippen LogP contribution in [-0.2, 0) is 11.3 Å². The lowest BCUT2D eigenvalue weighted by Crippen LogP contribution is -2.47. The van der Waals surface area contributed by atoms with Gasteiger partial charge in [0, 0.05) is 38.3 Å². The Morgan fingerprint density at radius 1 is 1.30 bits per heavy atom. The number of benzene rings is 2. The van der Waals surface area contributed by atoms with Crippen molar-refractivity contribution < 1.29 is 14.5 Å². The first kappa shape index (κ1) is 19.3. The molecule has 1 aliphatic heterocycles. The SMILES string of the molecule is O=C(NC[C@H]1CN(Cc2ccccc2)CCO1)c1ccc([N+](=O)[O-])cc1Cl. The summed E-state index contributed by atoms with van der Waals surface area (Å²) in [6.45, 7) is 3.34. The molecule has 1 aliphatic rings. The van der Waals surface area contributed by atoms with Crippen molar-refractivity contribution in [1.82, 2.24) is 10.2 Å². The molecule has 0 unspecified atom stereocenters. The van der Waals surface area contributed by atoms with E-state index in [-0.39, 0.29) is 28.3 Å². The number of non-ortho nitro benzene ring substituents is 1. The van der Waals surface area contributed by atoms with E-state index in [1.165, 1.54) is 23.8 Å². The summed E-state index contributed by atoms with van der Waals surface area (Å²) in [5, 5.41) is 13.6. The van der Waals surface area contributed by atoms with Crippen LogP contribution in [0.2, 0.25) is 5.02 Å². The number of hydrogen-bond acceptors (Lipinski definition) is 5. The molecule has 0 aromatic heterocycles. The molecule has 1 atom stereocenters. The zero-order valence-electron chi connectivity index (χ0n) is 14.6. The van der Waals surface area contributed by atoms with Gasteiger partial charge in [-0.3, -0.25) is 19.8 Å². The third kappa shape index (κ3) is 5.26. The van der Waals surface area contributed by atoms with Crippen molar-refractivity contribution in [3.8, 4) is 0 Å². The normalized spacial score (nSPS) is 17.4. The maximum absolute atomic E-state index is 12.3. The van der Waals surface area contributed by atoms with Crippen LogP contribution in [0.15, 0.2) is 48.5 Å². The number of hydrogen-bond donors (Lipinski definition) is 1. The molecule has 3 rings (SSSR count). The molecule has 2 aromatic rings. The number of nitrogens with one attached hydrogen (secondary N) is 1. The minimum atomic E-state index is -0.551. The van der Waals surface area contributed by atoms with E-state index in [4.69, 9.17) is 16.3 Å². The van der Waals surface area contributed by atoms with Crippen LogP contribution in [0.1, 0.15) is 15.9 Å². The molecule has 1 saturated heterocycles. The maximum atomic E-state index is 12.3. The fourth-order valence-electron chi connectivity index (χ4n) is 2.99. The zero-order valence-corrected chi connectivity index (χ0v) is 15.4. The number of nitro groups is 1. The van der Waals surface area contributed by atoms with E-state index < -0.39 is 4.92 Å². The molecule has 7 nitrogen and oxygen atoms in total. The number of nitro benzene ring substituents is 1. The molecular formula is C19H20ClN3O4. The fraction of sp³-hybridized carbons (Fsp3) is 0.316. The molecule has 0 bridgehead atoms. The van der Waals surface area contributed by atoms with Gasteiger partial charge >= 0.3 is 0 Å². The molecule has 142 valence electrons. The number of rotatable bonds is 6. The van der Waals surface area contributed by atoms with Gasteiger partial charge in [-0.15, -0.1) is 0 Å². The summed E-state index contributed by atoms with van der Waals surface area (Å²) >= 11 is 6.00. The van der Waals surface area contributed by atoms with Gasteiger partial charge in [-0.25, -0.2) is 0 Å². The van der Waals surface area contributed by atoms with Gasteiger partial charge in [0.05, 0.1) is 28.2 Å². The molecule has 0 aliphatic carbocycles. The Morgan fingerprint density at radius 3 is 2.78 bits per heavy atom. The lowest BCUT2D eigenvalue weighted by atomic mass is 10.1. The van der Waals surface area contributed by atoms with Crippen LogP contribution in [0.25, 0.3) is 0 Å². The minimum absolute atomic E-state index is 0.0527. The van der Waals surface area contributed by atoms with Crippen molar-refractivity contribution in [3.63, 3.8) is 0 Å². The highest BCUT2D eigenvalue weighted by Gasteiger charge is 2.22. The third-order valence-corrected chi connectivity index (χ3v) is 4.68. The van der Waals surface area contributed by atoms with Crippen LogP contribution < -0.4 is 5.32 Å². The third-order valence-electron chi connectivity index (χ3n) is 4.37. The van der Waals surface area contributed by atoms with Crippen LogP contribution in [0.5, 0.6) is 0 Å². The smallest absolute Gasteiger partial charge is 0.270 e. The molecular weight excluding hydrogens is 370 g/mol. The molecule has 0 radical (unpaired) electrons. The predicted molar refractivity (Wildman–Crippen MR) is 102 cm³/mol. The summed E-state index contributed by atoms with van der Waals surface area (Å²) in [6, 6.07) is 14.0. The van der Waals surface area contributed by atoms with Crippen LogP contribution in [-0.4, -0.2) is 48.1 Å². The molecule has 27 heavy (non-hydrogen) atoms. The highest BCUT2D eigenvalue weighted by Crippen LogP contribution is 2.22. The average Bonchev–Trinajstić information content (AvgIpc) is 2.67. The van der Waals surface area contributed by atoms with Gasteiger partial charge < -0.3 is 10.1 Å². The van der Waals surface area contributed by atoms with Crippen LogP contribution in [0, 0.1) is 10.1 Å². The highest BCUT2D eigenvalue weighted by molar-refractivity contribution is 6.34. The predicted octanol–water partition coefficient (Wildman–Crippen LogP) is 2.88. The lowest BCUT2D eigenvalue weighted by molar-refractivity contribution is -0.384. The Hall–Kier alpha value is -2.48. The van der Waals surface area contributed by atoms with E-state index in [1.54, 1.807) is 0 Å². The Balaban J connectivity index is 1.53. The Bertz CT molecular complexity index is 816. The number of ether oxygens (including phenoxy) is 1. The van der Waals surface area contributed by atoms with E-state index in [0.717, 1.165) is 13.1 Å². The number of carbonyl (C=O) groups excluding carboxylic acids is 1. The highest BCUT2D eigenvalue weighted by atomic mass is 35.5. The van der Waals surface area contributed by atoms with Crippen molar-refractivity contribution in [2.45, 2.75) is 12.6 Å². The van der Waals surface area contributed by atoms with E-state index >= 15 is 0 Å². The standard InChI is InChI=1S/C19H20ClN3O4/c20-18-10-15(23(25)26)6-7-17(18)19(24)21-11-16-13-22(8-9-27-16)12-14-4-2-1-3-5-14/h1-7,10,16H,8-9,11-13H2,(H,21,24)/t16-/m0/s1. The first-order chi connectivity index (χ1) is 13.0. The summed E-state index contributed by atoms with van der Waals surface area (Å²) in [7, 11) is 0. The quantitative estimate of drug-likeness (QED) is 0.606. The first-order valence-electron chi connectivity index (χ1n) is 8.63. The monoisotopic (exact) mass is 389 g/mol. The molecule has 2 aromatic carbocycles. The average molecular weight is 390 g/mol. The van der Waals surface area contributed by atoms with Crippen molar-refractivity contribution in [2.75, 3.05) is 26.2 Å². The maximum Gasteiger partial charge on any atom is 0.270 e. The largest absolute Gasteiger partial charge is 0.374 e. The molecule has 1 fully saturated rings. The van der Waals surface area contributed by atoms with E-state index in [2.05, 4.69) is 22.3 Å². The summed E-state index contributed by atoms with van der Waals surface area (Å²) in [4.78, 5) is 24.8. The second kappa shape index (κ2) is 8.94. The number of halogens is 1. The van der Waals surface area contributed by atoms with Gasteiger partial charge in [0.1, 0.15) is 0 Å². The van der Waals surface area contributed by atoms with Crippen LogP contribution >= 0.6 is 11.6 Å². The Kier molecular flexibility index (Phi) is 6.39. The molecule has 0 saturated carbocycles. The van der Waals surface area contributed by atoms with E-state index in [9.17, 15) is 14.9 Å². The Labute approximate surface area is 162 Å². The van der Waals surface area contributed by atoms with Crippen molar-refractivity contribution in [1.29, 1.82) is 0 Å². The second-order valence-electron chi connectivity index (χ2n) is 6.34. The van der Waals surface area contributed by atoms with Gasteiger partial charge in [0.2, 0.25) is 0 Å². The van der Waals surface area contributed by atoms with Gasteiger partial charge in [-0.05, 0) is 11.6 Å². The minimum Gasteiger partial charge on any atom is -0.374 e. The van der Waals surface area contributed by atoms with Crippen LogP contribution in [0.4, 0.5) is 5.69 Å². The number of carbonyl (C=O) groups is 1. The van der Waals surface area contributed by atoms with Gasteiger partial charge in [-0.1, -0.05) is 41.9 Å². The molecule has 1 N–H and O–H groups in total. The summed E-state index contributed by atoms with van der Waals surface area (Å²) in [5.41, 5.74) is 1.29. The summed E-state index contributed by atoms with van der Waals surface area (Å²) in [6.07, 6.45) is -0.122. The van der Waals surface area contributed by atoms with Gasteiger partial charge in [0.25, 0.3) is 11.6 Å². The van der Waals surface area contributed by atoms with E-state index in [1.807, 2.05) is 18.2 Å². The molecule has 0 spiro atoms. The zero-order chi connectivity index (χ0) is 19.2. The molecule has 1 amide bonds. The lowest BCUT2D eigenvalue weighted by Gasteiger charge is -2.33. The van der Waals surface area contributed by atoms with Crippen molar-refractivity contribution in [3.05, 3.63) is 74.8 Å². The number of amides is 1. The topological polar surface area (TPSA) is 84.7 Å². The second-order valence-corrected chi connectivity index (χ2v) is 6.75. The van der Waals surface area contributed by atoms with Gasteiger partial charge in [0.15, 0.2) is 0 Å². The van der Waals surface area contributed by atoms with Crippen molar-refractivity contribution in [2.24, 2.45) is 0 Å². The van der Waals surface area contributed by atoms with Crippen LogP contribution in [0.3, 0.4) is 0 Å². The molecule has 8 heteroatoms. The number of nitrogens with zero attached hydrogens (tertiary/aromatic N) is 2. The summed E-state index contributed by atoms with van der Waals surface area (Å²) in [5.74, 6) is -0.376. The fourth-order valence-corrected chi connectivity index (χ4v) is 3.25. The summed E-state index contributed by atoms with van der Waals surface area (Å²) < 4.78 is 5.73. The van der Waals surface area contributed by atoms with Crippen molar-refractivity contribution >= 4 is 23.2 Å². The molecule has 1 heterocycles. The Morgan fingerprint density at radius 2 is 2.07 bits per heavy atom.